The van der Waals surface area contributed by atoms with Gasteiger partial charge in [-0.25, -0.2) is 9.37 Å². The van der Waals surface area contributed by atoms with Crippen LogP contribution in [-0.4, -0.2) is 87.7 Å². The number of halogens is 1. The van der Waals surface area contributed by atoms with Crippen LogP contribution in [0.5, 0.6) is 0 Å². The molecule has 1 fully saturated rings. The molecule has 1 aliphatic heterocycles. The fraction of sp³-hybridized carbons (Fsp3) is 0.659. The number of ketones is 1. The zero-order valence-corrected chi connectivity index (χ0v) is 33.3. The molecular formula is C41H63FN4O7S. The van der Waals surface area contributed by atoms with E-state index in [9.17, 15) is 33.5 Å². The molecule has 2 aromatic rings. The van der Waals surface area contributed by atoms with Gasteiger partial charge in [0.15, 0.2) is 11.9 Å². The lowest BCUT2D eigenvalue weighted by Crippen LogP contribution is -2.50. The lowest BCUT2D eigenvalue weighted by molar-refractivity contribution is -0.150. The monoisotopic (exact) mass is 774 g/mol. The zero-order chi connectivity index (χ0) is 39.2. The number of carboxylic acids is 1. The Labute approximate surface area is 325 Å². The second-order valence-corrected chi connectivity index (χ2v) is 15.7. The first-order valence-electron chi connectivity index (χ1n) is 19.1. The Hall–Kier alpha value is -3.71. The van der Waals surface area contributed by atoms with Crippen molar-refractivity contribution in [2.24, 2.45) is 17.8 Å². The second-order valence-electron chi connectivity index (χ2n) is 14.8. The Morgan fingerprint density at radius 3 is 2.37 bits per heavy atom. The van der Waals surface area contributed by atoms with E-state index < -0.39 is 41.7 Å². The number of hydrogen-bond donors (Lipinski definition) is 2. The Morgan fingerprint density at radius 2 is 1.80 bits per heavy atom. The average Bonchev–Trinajstić information content (AvgIpc) is 3.61. The van der Waals surface area contributed by atoms with E-state index >= 15 is 0 Å². The third-order valence-corrected chi connectivity index (χ3v) is 11.3. The number of Topliss-reactive ketones (excluding diaryl/α,β-unsaturated/α-hetero) is 1. The van der Waals surface area contributed by atoms with Crippen LogP contribution in [0.15, 0.2) is 29.6 Å². The van der Waals surface area contributed by atoms with E-state index in [1.807, 2.05) is 46.6 Å². The van der Waals surface area contributed by atoms with Crippen LogP contribution < -0.4 is 5.32 Å². The van der Waals surface area contributed by atoms with Crippen molar-refractivity contribution in [1.82, 2.24) is 20.1 Å². The van der Waals surface area contributed by atoms with E-state index in [2.05, 4.69) is 15.2 Å². The van der Waals surface area contributed by atoms with Crippen LogP contribution in [0.25, 0.3) is 0 Å². The molecule has 2 unspecified atom stereocenters. The lowest BCUT2D eigenvalue weighted by Gasteiger charge is -2.39. The fourth-order valence-corrected chi connectivity index (χ4v) is 7.99. The highest BCUT2D eigenvalue weighted by molar-refractivity contribution is 7.09. The molecule has 11 nitrogen and oxygen atoms in total. The summed E-state index contributed by atoms with van der Waals surface area (Å²) in [5, 5.41) is 14.1. The SMILES string of the molecule is C.CCCN(C(=O)C(CC(=O)C1CCCCN1C)[C@@H](C)CC)[C@H](C[C@@H](OC(C)=O)c1nc(C(=O)N[C@H](CCC(=O)O)Cc2ccc(F)cc2)cs1)C(C)C. The minimum Gasteiger partial charge on any atom is -0.481 e. The Bertz CT molecular complexity index is 1520. The molecule has 2 N–H and O–H groups in total. The number of piperidine rings is 1. The number of likely N-dealkylation sites (tertiary alicyclic amines) is 1. The molecule has 1 saturated heterocycles. The molecule has 0 aliphatic carbocycles. The van der Waals surface area contributed by atoms with Crippen LogP contribution in [-0.2, 0) is 30.3 Å². The normalized spacial score (nSPS) is 17.4. The Balaban J connectivity index is 0.0000101. The van der Waals surface area contributed by atoms with Crippen molar-refractivity contribution >= 4 is 40.9 Å². The van der Waals surface area contributed by atoms with Gasteiger partial charge in [-0.1, -0.05) is 67.0 Å². The van der Waals surface area contributed by atoms with Gasteiger partial charge in [-0.15, -0.1) is 11.3 Å². The Kier molecular flexibility index (Phi) is 19.5. The predicted molar refractivity (Wildman–Crippen MR) is 210 cm³/mol. The molecule has 0 spiro atoms. The van der Waals surface area contributed by atoms with Crippen molar-refractivity contribution in [3.8, 4) is 0 Å². The van der Waals surface area contributed by atoms with Gasteiger partial charge in [0.25, 0.3) is 5.91 Å². The number of rotatable bonds is 21. The van der Waals surface area contributed by atoms with Crippen molar-refractivity contribution in [2.45, 2.75) is 137 Å². The molecule has 1 aliphatic rings. The highest BCUT2D eigenvalue weighted by Gasteiger charge is 2.38. The molecule has 0 saturated carbocycles. The lowest BCUT2D eigenvalue weighted by atomic mass is 9.82. The summed E-state index contributed by atoms with van der Waals surface area (Å²) in [6.07, 6.45) is 4.17. The third kappa shape index (κ3) is 13.9. The molecule has 1 aromatic heterocycles. The molecule has 0 radical (unpaired) electrons. The van der Waals surface area contributed by atoms with Crippen LogP contribution in [0.1, 0.15) is 134 Å². The summed E-state index contributed by atoms with van der Waals surface area (Å²) in [6, 6.07) is 4.72. The summed E-state index contributed by atoms with van der Waals surface area (Å²) in [6.45, 7) is 12.8. The number of amides is 2. The quantitative estimate of drug-likeness (QED) is 0.123. The summed E-state index contributed by atoms with van der Waals surface area (Å²) in [5.41, 5.74) is 0.829. The summed E-state index contributed by atoms with van der Waals surface area (Å²) >= 11 is 1.17. The number of aromatic nitrogens is 1. The Morgan fingerprint density at radius 1 is 1.11 bits per heavy atom. The van der Waals surface area contributed by atoms with Crippen LogP contribution >= 0.6 is 11.3 Å². The van der Waals surface area contributed by atoms with Crippen molar-refractivity contribution in [3.05, 3.63) is 51.7 Å². The zero-order valence-electron chi connectivity index (χ0n) is 32.4. The van der Waals surface area contributed by atoms with E-state index in [0.717, 1.165) is 37.8 Å². The molecule has 2 heterocycles. The molecule has 1 aromatic carbocycles. The van der Waals surface area contributed by atoms with Crippen LogP contribution in [0, 0.1) is 23.6 Å². The van der Waals surface area contributed by atoms with Crippen molar-refractivity contribution < 1.29 is 38.2 Å². The number of aliphatic carboxylic acids is 1. The number of thiazole rings is 1. The van der Waals surface area contributed by atoms with Crippen LogP contribution in [0.4, 0.5) is 4.39 Å². The molecular weight excluding hydrogens is 712 g/mol. The van der Waals surface area contributed by atoms with Crippen molar-refractivity contribution in [3.63, 3.8) is 0 Å². The fourth-order valence-electron chi connectivity index (χ4n) is 7.15. The number of nitrogens with zero attached hydrogens (tertiary/aromatic N) is 3. The van der Waals surface area contributed by atoms with Gasteiger partial charge in [0.1, 0.15) is 16.5 Å². The first kappa shape index (κ1) is 46.4. The number of benzene rings is 1. The molecule has 2 amide bonds. The van der Waals surface area contributed by atoms with Crippen molar-refractivity contribution in [1.29, 1.82) is 0 Å². The molecule has 13 heteroatoms. The summed E-state index contributed by atoms with van der Waals surface area (Å²) < 4.78 is 19.3. The number of likely N-dealkylation sites (N-methyl/N-ethyl adjacent to an activating group) is 1. The average molecular weight is 775 g/mol. The largest absolute Gasteiger partial charge is 0.481 e. The van der Waals surface area contributed by atoms with E-state index in [1.54, 1.807) is 17.5 Å². The minimum absolute atomic E-state index is 0. The maximum Gasteiger partial charge on any atom is 0.303 e. The van der Waals surface area contributed by atoms with E-state index in [1.165, 1.54) is 30.4 Å². The topological polar surface area (TPSA) is 146 Å². The maximum absolute atomic E-state index is 14.6. The number of nitrogens with one attached hydrogen (secondary N) is 1. The molecule has 0 bridgehead atoms. The summed E-state index contributed by atoms with van der Waals surface area (Å²) in [7, 11) is 1.98. The number of ether oxygens (including phenoxy) is 1. The van der Waals surface area contributed by atoms with Crippen LogP contribution in [0.3, 0.4) is 0 Å². The second kappa shape index (κ2) is 22.6. The van der Waals surface area contributed by atoms with Gasteiger partial charge in [-0.3, -0.25) is 28.9 Å². The first-order valence-corrected chi connectivity index (χ1v) is 20.0. The van der Waals surface area contributed by atoms with Gasteiger partial charge in [0.2, 0.25) is 5.91 Å². The van der Waals surface area contributed by atoms with Gasteiger partial charge in [0.05, 0.1) is 6.04 Å². The van der Waals surface area contributed by atoms with Gasteiger partial charge in [0, 0.05) is 56.1 Å². The van der Waals surface area contributed by atoms with Gasteiger partial charge in [-0.2, -0.15) is 0 Å². The van der Waals surface area contributed by atoms with Gasteiger partial charge < -0.3 is 20.1 Å². The van der Waals surface area contributed by atoms with E-state index in [0.29, 0.717) is 24.4 Å². The molecule has 3 rings (SSSR count). The standard InChI is InChI=1S/C40H59FN4O7S.CH4/c1-8-19-45(40(51)31(26(5)9-2)22-35(47)33-12-10-11-20-44(33)7)34(25(3)4)23-36(52-27(6)46)39-43-32(24-53-39)38(50)42-30(17-18-37(48)49)21-28-13-15-29(41)16-14-28;/h13-16,24-26,30-31,33-34,36H,8-12,17-23H2,1-7H3,(H,42,50)(H,48,49);1H4/t26-,30+,31?,33?,34+,36+;/m0./s1. The number of carbonyl (C=O) groups excluding carboxylic acids is 4. The van der Waals surface area contributed by atoms with Crippen LogP contribution in [0.2, 0.25) is 0 Å². The number of carboxylic acid groups (broad SMARTS) is 1. The van der Waals surface area contributed by atoms with E-state index in [4.69, 9.17) is 4.74 Å². The number of hydrogen-bond acceptors (Lipinski definition) is 9. The highest BCUT2D eigenvalue weighted by atomic mass is 32.1. The summed E-state index contributed by atoms with van der Waals surface area (Å²) in [4.78, 5) is 74.0. The molecule has 6 atom stereocenters. The van der Waals surface area contributed by atoms with E-state index in [-0.39, 0.29) is 74.4 Å². The van der Waals surface area contributed by atoms with Gasteiger partial charge >= 0.3 is 11.9 Å². The smallest absolute Gasteiger partial charge is 0.303 e. The molecule has 54 heavy (non-hydrogen) atoms. The number of carbonyl (C=O) groups is 5. The van der Waals surface area contributed by atoms with Crippen molar-refractivity contribution in [2.75, 3.05) is 20.1 Å². The predicted octanol–water partition coefficient (Wildman–Crippen LogP) is 7.49. The van der Waals surface area contributed by atoms with Gasteiger partial charge in [-0.05, 0) is 75.2 Å². The maximum atomic E-state index is 14.6. The third-order valence-electron chi connectivity index (χ3n) is 10.4. The summed E-state index contributed by atoms with van der Waals surface area (Å²) in [5.74, 6) is -2.94. The highest BCUT2D eigenvalue weighted by Crippen LogP contribution is 2.33. The minimum atomic E-state index is -1.00. The first-order chi connectivity index (χ1) is 25.1. The number of esters is 1. The molecule has 302 valence electrons.